The van der Waals surface area contributed by atoms with Crippen molar-refractivity contribution in [3.8, 4) is 0 Å². The van der Waals surface area contributed by atoms with Crippen LogP contribution < -0.4 is 11.1 Å². The van der Waals surface area contributed by atoms with Crippen LogP contribution in [0.3, 0.4) is 0 Å². The fourth-order valence-electron chi connectivity index (χ4n) is 2.73. The molecule has 0 saturated heterocycles. The highest BCUT2D eigenvalue weighted by atomic mass is 16.1. The van der Waals surface area contributed by atoms with Gasteiger partial charge in [0.25, 0.3) is 0 Å². The van der Waals surface area contributed by atoms with Gasteiger partial charge in [-0.2, -0.15) is 0 Å². The molecule has 3 N–H and O–H groups in total. The first kappa shape index (κ1) is 17.2. The second-order valence-electron chi connectivity index (χ2n) is 5.99. The Morgan fingerprint density at radius 1 is 1.00 bits per heavy atom. The van der Waals surface area contributed by atoms with Gasteiger partial charge in [0, 0.05) is 18.5 Å². The topological polar surface area (TPSA) is 55.1 Å². The van der Waals surface area contributed by atoms with Crippen LogP contribution in [0.2, 0.25) is 0 Å². The summed E-state index contributed by atoms with van der Waals surface area (Å²) in [6.45, 7) is 4.67. The van der Waals surface area contributed by atoms with Crippen LogP contribution in [0.25, 0.3) is 0 Å². The molecular weight excluding hydrogens is 284 g/mol. The summed E-state index contributed by atoms with van der Waals surface area (Å²) in [6.07, 6.45) is 0.989. The van der Waals surface area contributed by atoms with E-state index in [2.05, 4.69) is 24.4 Å². The maximum Gasteiger partial charge on any atom is 0.224 e. The van der Waals surface area contributed by atoms with E-state index in [1.165, 1.54) is 5.56 Å². The van der Waals surface area contributed by atoms with Gasteiger partial charge >= 0.3 is 0 Å². The first-order valence-electron chi connectivity index (χ1n) is 8.26. The lowest BCUT2D eigenvalue weighted by molar-refractivity contribution is -0.125. The monoisotopic (exact) mass is 310 g/mol. The molecular formula is C20H26N2O. The molecule has 0 bridgehead atoms. The second-order valence-corrected chi connectivity index (χ2v) is 5.99. The molecule has 0 aliphatic rings. The molecule has 0 aromatic heterocycles. The molecule has 0 aliphatic heterocycles. The van der Waals surface area contributed by atoms with E-state index in [1.807, 2.05) is 55.5 Å². The summed E-state index contributed by atoms with van der Waals surface area (Å²) in [7, 11) is 0. The molecule has 0 radical (unpaired) electrons. The van der Waals surface area contributed by atoms with Crippen molar-refractivity contribution >= 4 is 5.91 Å². The van der Waals surface area contributed by atoms with E-state index in [1.54, 1.807) is 0 Å². The van der Waals surface area contributed by atoms with E-state index in [0.29, 0.717) is 12.5 Å². The van der Waals surface area contributed by atoms with Gasteiger partial charge in [0.2, 0.25) is 5.91 Å². The lowest BCUT2D eigenvalue weighted by Gasteiger charge is -2.22. The van der Waals surface area contributed by atoms with Crippen molar-refractivity contribution in [2.75, 3.05) is 6.54 Å². The SMILES string of the molecule is CCC(CNC(=O)C(C)C(N)c1ccccc1)c1ccccc1. The smallest absolute Gasteiger partial charge is 0.224 e. The standard InChI is InChI=1S/C20H26N2O/c1-3-16(17-10-6-4-7-11-17)14-22-20(23)15(2)19(21)18-12-8-5-9-13-18/h4-13,15-16,19H,3,14,21H2,1-2H3,(H,22,23). The summed E-state index contributed by atoms with van der Waals surface area (Å²) in [5.74, 6) is 0.0849. The third-order valence-electron chi connectivity index (χ3n) is 4.42. The van der Waals surface area contributed by atoms with Gasteiger partial charge in [-0.15, -0.1) is 0 Å². The van der Waals surface area contributed by atoms with Crippen molar-refractivity contribution in [2.24, 2.45) is 11.7 Å². The lowest BCUT2D eigenvalue weighted by Crippen LogP contribution is -2.37. The Morgan fingerprint density at radius 3 is 2.04 bits per heavy atom. The number of amides is 1. The summed E-state index contributed by atoms with van der Waals surface area (Å²) < 4.78 is 0. The fourth-order valence-corrected chi connectivity index (χ4v) is 2.73. The van der Waals surface area contributed by atoms with Crippen molar-refractivity contribution in [3.63, 3.8) is 0 Å². The van der Waals surface area contributed by atoms with E-state index in [0.717, 1.165) is 12.0 Å². The predicted octanol–water partition coefficient (Wildman–Crippen LogP) is 3.63. The molecule has 2 rings (SSSR count). The minimum atomic E-state index is -0.284. The molecule has 1 amide bonds. The van der Waals surface area contributed by atoms with Crippen LogP contribution in [0.5, 0.6) is 0 Å². The molecule has 122 valence electrons. The number of nitrogens with one attached hydrogen (secondary N) is 1. The average molecular weight is 310 g/mol. The fraction of sp³-hybridized carbons (Fsp3) is 0.350. The van der Waals surface area contributed by atoms with E-state index < -0.39 is 0 Å². The van der Waals surface area contributed by atoms with Crippen LogP contribution in [0, 0.1) is 5.92 Å². The van der Waals surface area contributed by atoms with Crippen molar-refractivity contribution in [1.82, 2.24) is 5.32 Å². The van der Waals surface area contributed by atoms with Gasteiger partial charge in [0.05, 0.1) is 5.92 Å². The minimum Gasteiger partial charge on any atom is -0.355 e. The molecule has 3 nitrogen and oxygen atoms in total. The third kappa shape index (κ3) is 4.67. The molecule has 3 heteroatoms. The van der Waals surface area contributed by atoms with Crippen molar-refractivity contribution in [1.29, 1.82) is 0 Å². The highest BCUT2D eigenvalue weighted by Gasteiger charge is 2.22. The van der Waals surface area contributed by atoms with Gasteiger partial charge < -0.3 is 11.1 Å². The lowest BCUT2D eigenvalue weighted by atomic mass is 9.93. The zero-order chi connectivity index (χ0) is 16.7. The van der Waals surface area contributed by atoms with Crippen LogP contribution >= 0.6 is 0 Å². The number of benzene rings is 2. The number of carbonyl (C=O) groups is 1. The molecule has 23 heavy (non-hydrogen) atoms. The van der Waals surface area contributed by atoms with Crippen molar-refractivity contribution in [3.05, 3.63) is 71.8 Å². The van der Waals surface area contributed by atoms with Crippen LogP contribution in [-0.4, -0.2) is 12.5 Å². The van der Waals surface area contributed by atoms with Gasteiger partial charge in [-0.25, -0.2) is 0 Å². The van der Waals surface area contributed by atoms with Crippen LogP contribution in [0.15, 0.2) is 60.7 Å². The molecule has 0 heterocycles. The maximum atomic E-state index is 12.4. The first-order valence-corrected chi connectivity index (χ1v) is 8.26. The summed E-state index contributed by atoms with van der Waals surface area (Å²) in [5.41, 5.74) is 8.48. The highest BCUT2D eigenvalue weighted by molar-refractivity contribution is 5.79. The van der Waals surface area contributed by atoms with Gasteiger partial charge in [0.1, 0.15) is 0 Å². The van der Waals surface area contributed by atoms with Crippen LogP contribution in [0.4, 0.5) is 0 Å². The zero-order valence-corrected chi connectivity index (χ0v) is 13.9. The first-order chi connectivity index (χ1) is 11.1. The predicted molar refractivity (Wildman–Crippen MR) is 95.0 cm³/mol. The molecule has 0 fully saturated rings. The molecule has 3 unspecified atom stereocenters. The Balaban J connectivity index is 1.93. The van der Waals surface area contributed by atoms with Gasteiger partial charge in [0.15, 0.2) is 0 Å². The Kier molecular flexibility index (Phi) is 6.36. The average Bonchev–Trinajstić information content (AvgIpc) is 2.62. The zero-order valence-electron chi connectivity index (χ0n) is 13.9. The summed E-state index contributed by atoms with van der Waals surface area (Å²) >= 11 is 0. The largest absolute Gasteiger partial charge is 0.355 e. The van der Waals surface area contributed by atoms with E-state index in [9.17, 15) is 4.79 Å². The molecule has 0 saturated carbocycles. The summed E-state index contributed by atoms with van der Waals surface area (Å²) in [6, 6.07) is 19.8. The Hall–Kier alpha value is -2.13. The summed E-state index contributed by atoms with van der Waals surface area (Å²) in [5, 5.41) is 3.06. The normalized spacial score (nSPS) is 14.7. The minimum absolute atomic E-state index is 0.00994. The summed E-state index contributed by atoms with van der Waals surface area (Å²) in [4.78, 5) is 12.4. The molecule has 2 aromatic carbocycles. The Bertz CT molecular complexity index is 598. The molecule has 0 aliphatic carbocycles. The Morgan fingerprint density at radius 2 is 1.52 bits per heavy atom. The third-order valence-corrected chi connectivity index (χ3v) is 4.42. The molecule has 3 atom stereocenters. The number of hydrogen-bond acceptors (Lipinski definition) is 2. The second kappa shape index (κ2) is 8.49. The van der Waals surface area contributed by atoms with Crippen LogP contribution in [-0.2, 0) is 4.79 Å². The number of nitrogens with two attached hydrogens (primary N) is 1. The molecule has 2 aromatic rings. The van der Waals surface area contributed by atoms with E-state index >= 15 is 0 Å². The van der Waals surface area contributed by atoms with Crippen molar-refractivity contribution < 1.29 is 4.79 Å². The van der Waals surface area contributed by atoms with E-state index in [-0.39, 0.29) is 17.9 Å². The number of rotatable bonds is 7. The Labute approximate surface area is 138 Å². The van der Waals surface area contributed by atoms with Gasteiger partial charge in [-0.3, -0.25) is 4.79 Å². The van der Waals surface area contributed by atoms with Crippen LogP contribution in [0.1, 0.15) is 43.4 Å². The van der Waals surface area contributed by atoms with E-state index in [4.69, 9.17) is 5.73 Å². The maximum absolute atomic E-state index is 12.4. The van der Waals surface area contributed by atoms with Crippen molar-refractivity contribution in [2.45, 2.75) is 32.2 Å². The highest BCUT2D eigenvalue weighted by Crippen LogP contribution is 2.21. The molecule has 0 spiro atoms. The van der Waals surface area contributed by atoms with Gasteiger partial charge in [-0.05, 0) is 17.5 Å². The quantitative estimate of drug-likeness (QED) is 0.820. The van der Waals surface area contributed by atoms with Gasteiger partial charge in [-0.1, -0.05) is 74.5 Å². The number of hydrogen-bond donors (Lipinski definition) is 2. The number of carbonyl (C=O) groups excluding carboxylic acids is 1.